The van der Waals surface area contributed by atoms with Crippen LogP contribution < -0.4 is 10.5 Å². The van der Waals surface area contributed by atoms with E-state index in [1.54, 1.807) is 6.07 Å². The van der Waals surface area contributed by atoms with Gasteiger partial charge in [0.2, 0.25) is 0 Å². The minimum absolute atomic E-state index is 0.0875. The molecule has 1 aromatic carbocycles. The van der Waals surface area contributed by atoms with E-state index >= 15 is 0 Å². The van der Waals surface area contributed by atoms with Crippen LogP contribution in [0.2, 0.25) is 0 Å². The zero-order valence-electron chi connectivity index (χ0n) is 11.8. The van der Waals surface area contributed by atoms with Gasteiger partial charge in [-0.2, -0.15) is 0 Å². The zero-order valence-corrected chi connectivity index (χ0v) is 11.8. The molecule has 3 atom stereocenters. The summed E-state index contributed by atoms with van der Waals surface area (Å²) in [6.07, 6.45) is 8.46. The summed E-state index contributed by atoms with van der Waals surface area (Å²) in [5, 5.41) is 0. The number of ether oxygens (including phenoxy) is 1. The van der Waals surface area contributed by atoms with E-state index in [1.165, 1.54) is 37.8 Å². The first-order chi connectivity index (χ1) is 9.65. The first kappa shape index (κ1) is 12.6. The molecule has 3 aliphatic rings. The molecule has 1 aliphatic heterocycles. The highest BCUT2D eigenvalue weighted by Gasteiger charge is 2.46. The number of benzene rings is 1. The number of halogens is 1. The molecule has 20 heavy (non-hydrogen) atoms. The summed E-state index contributed by atoms with van der Waals surface area (Å²) >= 11 is 0. The highest BCUT2D eigenvalue weighted by atomic mass is 19.1. The van der Waals surface area contributed by atoms with Gasteiger partial charge in [-0.1, -0.05) is 0 Å². The Kier molecular flexibility index (Phi) is 2.81. The van der Waals surface area contributed by atoms with Gasteiger partial charge in [-0.3, -0.25) is 0 Å². The molecule has 108 valence electrons. The minimum atomic E-state index is -0.224. The Hall–Kier alpha value is -1.09. The lowest BCUT2D eigenvalue weighted by Gasteiger charge is -2.46. The van der Waals surface area contributed by atoms with Crippen LogP contribution in [-0.4, -0.2) is 5.60 Å². The summed E-state index contributed by atoms with van der Waals surface area (Å²) in [6, 6.07) is 4.68. The van der Waals surface area contributed by atoms with Crippen LogP contribution in [0.1, 0.15) is 56.6 Å². The maximum Gasteiger partial charge on any atom is 0.125 e. The van der Waals surface area contributed by atoms with Crippen molar-refractivity contribution in [2.45, 2.75) is 56.6 Å². The van der Waals surface area contributed by atoms with Crippen LogP contribution in [-0.2, 0) is 0 Å². The molecular formula is C17H22FNO. The van der Waals surface area contributed by atoms with Gasteiger partial charge in [0.25, 0.3) is 0 Å². The first-order valence-corrected chi connectivity index (χ1v) is 7.89. The van der Waals surface area contributed by atoms with Crippen molar-refractivity contribution in [2.75, 3.05) is 0 Å². The fourth-order valence-electron chi connectivity index (χ4n) is 4.30. The normalized spacial score (nSPS) is 36.5. The molecule has 2 fully saturated rings. The van der Waals surface area contributed by atoms with E-state index in [1.807, 2.05) is 0 Å². The van der Waals surface area contributed by atoms with Crippen molar-refractivity contribution >= 4 is 0 Å². The Labute approximate surface area is 119 Å². The molecule has 0 aromatic heterocycles. The van der Waals surface area contributed by atoms with Crippen LogP contribution in [0.4, 0.5) is 4.39 Å². The smallest absolute Gasteiger partial charge is 0.125 e. The number of hydrogen-bond donors (Lipinski definition) is 1. The Morgan fingerprint density at radius 1 is 1.15 bits per heavy atom. The van der Waals surface area contributed by atoms with Crippen molar-refractivity contribution < 1.29 is 9.13 Å². The lowest BCUT2D eigenvalue weighted by atomic mass is 9.71. The van der Waals surface area contributed by atoms with Crippen molar-refractivity contribution in [1.29, 1.82) is 0 Å². The van der Waals surface area contributed by atoms with Gasteiger partial charge in [0, 0.05) is 18.0 Å². The maximum atomic E-state index is 13.4. The molecule has 0 amide bonds. The fourth-order valence-corrected chi connectivity index (χ4v) is 4.30. The topological polar surface area (TPSA) is 35.2 Å². The van der Waals surface area contributed by atoms with E-state index in [9.17, 15) is 4.39 Å². The highest BCUT2D eigenvalue weighted by molar-refractivity contribution is 5.39. The number of rotatable bonds is 1. The Bertz CT molecular complexity index is 528. The summed E-state index contributed by atoms with van der Waals surface area (Å²) in [5.41, 5.74) is 7.06. The van der Waals surface area contributed by atoms with Crippen LogP contribution in [0.25, 0.3) is 0 Å². The maximum absolute atomic E-state index is 13.4. The summed E-state index contributed by atoms with van der Waals surface area (Å²) in [6.45, 7) is 0. The molecule has 3 heteroatoms. The molecule has 1 spiro atoms. The van der Waals surface area contributed by atoms with Gasteiger partial charge >= 0.3 is 0 Å². The number of fused-ring (bicyclic) bond motifs is 1. The second-order valence-corrected chi connectivity index (χ2v) is 6.97. The van der Waals surface area contributed by atoms with Gasteiger partial charge in [0.15, 0.2) is 0 Å². The molecule has 2 N–H and O–H groups in total. The number of hydrogen-bond acceptors (Lipinski definition) is 2. The summed E-state index contributed by atoms with van der Waals surface area (Å²) in [7, 11) is 0. The van der Waals surface area contributed by atoms with Crippen LogP contribution in [0.5, 0.6) is 5.75 Å². The molecule has 1 aromatic rings. The van der Waals surface area contributed by atoms with Gasteiger partial charge < -0.3 is 10.5 Å². The minimum Gasteiger partial charge on any atom is -0.487 e. The Balaban J connectivity index is 1.62. The van der Waals surface area contributed by atoms with E-state index in [2.05, 4.69) is 0 Å². The van der Waals surface area contributed by atoms with Gasteiger partial charge in [0.05, 0.1) is 0 Å². The van der Waals surface area contributed by atoms with E-state index in [0.717, 1.165) is 42.4 Å². The molecule has 0 bridgehead atoms. The van der Waals surface area contributed by atoms with Crippen molar-refractivity contribution in [3.8, 4) is 5.75 Å². The first-order valence-electron chi connectivity index (χ1n) is 7.89. The molecule has 0 radical (unpaired) electrons. The van der Waals surface area contributed by atoms with E-state index < -0.39 is 0 Å². The molecule has 2 aliphatic carbocycles. The Morgan fingerprint density at radius 2 is 2.00 bits per heavy atom. The average molecular weight is 275 g/mol. The molecule has 2 saturated carbocycles. The van der Waals surface area contributed by atoms with Crippen molar-refractivity contribution in [1.82, 2.24) is 0 Å². The standard InChI is InChI=1S/C17H22FNO/c18-13-5-6-16-14(8-13)15(19)10-17(20-16)7-1-2-12(9-17)11-3-4-11/h5-6,8,11-12,15H,1-4,7,9-10,19H2/t12?,15-,17?/m0/s1. The zero-order chi connectivity index (χ0) is 13.7. The SMILES string of the molecule is N[C@H]1CC2(CCCC(C3CC3)C2)Oc2ccc(F)cc21. The molecule has 0 saturated heterocycles. The van der Waals surface area contributed by atoms with E-state index in [4.69, 9.17) is 10.5 Å². The largest absolute Gasteiger partial charge is 0.487 e. The van der Waals surface area contributed by atoms with Crippen molar-refractivity contribution in [2.24, 2.45) is 17.6 Å². The Morgan fingerprint density at radius 3 is 2.80 bits per heavy atom. The van der Waals surface area contributed by atoms with Gasteiger partial charge in [0.1, 0.15) is 17.2 Å². The molecule has 2 nitrogen and oxygen atoms in total. The summed E-state index contributed by atoms with van der Waals surface area (Å²) in [4.78, 5) is 0. The van der Waals surface area contributed by atoms with Gasteiger partial charge in [-0.15, -0.1) is 0 Å². The lowest BCUT2D eigenvalue weighted by Crippen LogP contribution is -2.46. The molecule has 1 heterocycles. The fraction of sp³-hybridized carbons (Fsp3) is 0.647. The molecule has 4 rings (SSSR count). The second kappa shape index (κ2) is 4.45. The number of nitrogens with two attached hydrogens (primary N) is 1. The molecular weight excluding hydrogens is 253 g/mol. The lowest BCUT2D eigenvalue weighted by molar-refractivity contribution is -0.0208. The third-order valence-electron chi connectivity index (χ3n) is 5.42. The van der Waals surface area contributed by atoms with Crippen LogP contribution in [0.3, 0.4) is 0 Å². The van der Waals surface area contributed by atoms with Crippen molar-refractivity contribution in [3.05, 3.63) is 29.6 Å². The van der Waals surface area contributed by atoms with E-state index in [-0.39, 0.29) is 17.5 Å². The van der Waals surface area contributed by atoms with Gasteiger partial charge in [-0.25, -0.2) is 4.39 Å². The summed E-state index contributed by atoms with van der Waals surface area (Å²) < 4.78 is 19.7. The quantitative estimate of drug-likeness (QED) is 0.842. The third kappa shape index (κ3) is 2.12. The average Bonchev–Trinajstić information content (AvgIpc) is 3.24. The molecule has 2 unspecified atom stereocenters. The van der Waals surface area contributed by atoms with E-state index in [0.29, 0.717) is 0 Å². The monoisotopic (exact) mass is 275 g/mol. The second-order valence-electron chi connectivity index (χ2n) is 6.97. The van der Waals surface area contributed by atoms with Crippen LogP contribution >= 0.6 is 0 Å². The van der Waals surface area contributed by atoms with Gasteiger partial charge in [-0.05, 0) is 68.6 Å². The predicted molar refractivity (Wildman–Crippen MR) is 76.0 cm³/mol. The summed E-state index contributed by atoms with van der Waals surface area (Å²) in [5.74, 6) is 2.33. The van der Waals surface area contributed by atoms with Crippen LogP contribution in [0.15, 0.2) is 18.2 Å². The van der Waals surface area contributed by atoms with Crippen LogP contribution in [0, 0.1) is 17.7 Å². The van der Waals surface area contributed by atoms with Crippen molar-refractivity contribution in [3.63, 3.8) is 0 Å². The highest BCUT2D eigenvalue weighted by Crippen LogP contribution is 2.52. The predicted octanol–water partition coefficient (Wildman–Crippen LogP) is 3.95. The third-order valence-corrected chi connectivity index (χ3v) is 5.42.